The van der Waals surface area contributed by atoms with Crippen LogP contribution in [0, 0.1) is 17.8 Å². The van der Waals surface area contributed by atoms with Crippen molar-refractivity contribution < 1.29 is 9.90 Å². The lowest BCUT2D eigenvalue weighted by atomic mass is 10.2. The summed E-state index contributed by atoms with van der Waals surface area (Å²) in [6, 6.07) is 0. The second-order valence-electron chi connectivity index (χ2n) is 3.18. The summed E-state index contributed by atoms with van der Waals surface area (Å²) >= 11 is 0. The van der Waals surface area contributed by atoms with Crippen molar-refractivity contribution in [1.82, 2.24) is 0 Å². The Hall–Kier alpha value is -0.530. The summed E-state index contributed by atoms with van der Waals surface area (Å²) in [6.07, 6.45) is 3.53. The zero-order valence-electron chi connectivity index (χ0n) is 5.21. The molecule has 0 heterocycles. The van der Waals surface area contributed by atoms with Crippen molar-refractivity contribution in [1.29, 1.82) is 0 Å². The highest BCUT2D eigenvalue weighted by Gasteiger charge is 2.51. The number of carboxylic acid groups (broad SMARTS) is 1. The van der Waals surface area contributed by atoms with Gasteiger partial charge >= 0.3 is 5.97 Å². The van der Waals surface area contributed by atoms with Crippen LogP contribution in [-0.2, 0) is 4.79 Å². The van der Waals surface area contributed by atoms with Gasteiger partial charge in [-0.3, -0.25) is 4.79 Å². The lowest BCUT2D eigenvalue weighted by molar-refractivity contribution is -0.138. The molecule has 1 N–H and O–H groups in total. The molecule has 50 valence electrons. The van der Waals surface area contributed by atoms with Gasteiger partial charge in [-0.15, -0.1) is 0 Å². The van der Waals surface area contributed by atoms with Crippen molar-refractivity contribution in [3.63, 3.8) is 0 Å². The van der Waals surface area contributed by atoms with E-state index in [9.17, 15) is 4.79 Å². The molecule has 2 fully saturated rings. The number of aliphatic carboxylic acids is 1. The third kappa shape index (κ3) is 0.824. The van der Waals surface area contributed by atoms with Crippen molar-refractivity contribution >= 4 is 5.97 Å². The summed E-state index contributed by atoms with van der Waals surface area (Å²) in [5, 5.41) is 8.50. The highest BCUT2D eigenvalue weighted by molar-refractivity contribution is 5.73. The van der Waals surface area contributed by atoms with E-state index < -0.39 is 5.97 Å². The number of carbonyl (C=O) groups is 1. The fourth-order valence-corrected chi connectivity index (χ4v) is 1.54. The summed E-state index contributed by atoms with van der Waals surface area (Å²) in [4.78, 5) is 10.3. The first-order valence-corrected chi connectivity index (χ1v) is 3.52. The van der Waals surface area contributed by atoms with Crippen LogP contribution in [0.25, 0.3) is 0 Å². The molecule has 2 unspecified atom stereocenters. The Morgan fingerprint density at radius 1 is 1.44 bits per heavy atom. The normalized spacial score (nSPS) is 40.4. The lowest BCUT2D eigenvalue weighted by Gasteiger charge is -1.87. The Labute approximate surface area is 53.9 Å². The minimum absolute atomic E-state index is 0.0394. The first kappa shape index (κ1) is 5.27. The molecule has 2 saturated carbocycles. The molecule has 2 aliphatic carbocycles. The number of hydrogen-bond acceptors (Lipinski definition) is 1. The van der Waals surface area contributed by atoms with Crippen LogP contribution in [0.3, 0.4) is 0 Å². The minimum atomic E-state index is -0.577. The maximum absolute atomic E-state index is 10.3. The summed E-state index contributed by atoms with van der Waals surface area (Å²) in [5.74, 6) is 0.831. The maximum Gasteiger partial charge on any atom is 0.306 e. The van der Waals surface area contributed by atoms with Crippen LogP contribution in [0.5, 0.6) is 0 Å². The second kappa shape index (κ2) is 1.49. The van der Waals surface area contributed by atoms with Gasteiger partial charge in [-0.2, -0.15) is 0 Å². The Bertz CT molecular complexity index is 149. The average Bonchev–Trinajstić information content (AvgIpc) is 2.60. The Morgan fingerprint density at radius 3 is 2.44 bits per heavy atom. The van der Waals surface area contributed by atoms with Crippen LogP contribution in [-0.4, -0.2) is 11.1 Å². The predicted octanol–water partition coefficient (Wildman–Crippen LogP) is 1.12. The van der Waals surface area contributed by atoms with E-state index >= 15 is 0 Å². The van der Waals surface area contributed by atoms with Crippen LogP contribution in [0.15, 0.2) is 0 Å². The molecule has 0 aromatic rings. The molecular formula is C7H10O2. The molecule has 0 saturated heterocycles. The van der Waals surface area contributed by atoms with Gasteiger partial charge in [0.05, 0.1) is 5.92 Å². The zero-order chi connectivity index (χ0) is 6.43. The summed E-state index contributed by atoms with van der Waals surface area (Å²) in [6.45, 7) is 0. The quantitative estimate of drug-likeness (QED) is 0.602. The SMILES string of the molecule is O=C(O)C1CC1C1CC1. The van der Waals surface area contributed by atoms with Crippen molar-refractivity contribution in [2.24, 2.45) is 17.8 Å². The molecular weight excluding hydrogens is 116 g/mol. The predicted molar refractivity (Wildman–Crippen MR) is 32.0 cm³/mol. The third-order valence-electron chi connectivity index (χ3n) is 2.38. The highest BCUT2D eigenvalue weighted by atomic mass is 16.4. The first-order valence-electron chi connectivity index (χ1n) is 3.52. The average molecular weight is 126 g/mol. The molecule has 2 aliphatic rings. The first-order chi connectivity index (χ1) is 4.29. The van der Waals surface area contributed by atoms with E-state index in [1.54, 1.807) is 0 Å². The highest BCUT2D eigenvalue weighted by Crippen LogP contribution is 2.54. The number of rotatable bonds is 2. The van der Waals surface area contributed by atoms with Gasteiger partial charge in [0.1, 0.15) is 0 Å². The molecule has 0 spiro atoms. The van der Waals surface area contributed by atoms with Crippen molar-refractivity contribution in [3.05, 3.63) is 0 Å². The van der Waals surface area contributed by atoms with Gasteiger partial charge in [0.25, 0.3) is 0 Å². The smallest absolute Gasteiger partial charge is 0.306 e. The molecule has 2 atom stereocenters. The van der Waals surface area contributed by atoms with Crippen molar-refractivity contribution in [2.45, 2.75) is 19.3 Å². The number of carboxylic acids is 1. The third-order valence-corrected chi connectivity index (χ3v) is 2.38. The molecule has 2 heteroatoms. The lowest BCUT2D eigenvalue weighted by Crippen LogP contribution is -1.99. The van der Waals surface area contributed by atoms with Crippen LogP contribution in [0.1, 0.15) is 19.3 Å². The van der Waals surface area contributed by atoms with Crippen LogP contribution in [0.4, 0.5) is 0 Å². The van der Waals surface area contributed by atoms with E-state index in [-0.39, 0.29) is 5.92 Å². The molecule has 2 rings (SSSR count). The van der Waals surface area contributed by atoms with E-state index in [2.05, 4.69) is 0 Å². The van der Waals surface area contributed by atoms with Crippen molar-refractivity contribution in [2.75, 3.05) is 0 Å². The fourth-order valence-electron chi connectivity index (χ4n) is 1.54. The van der Waals surface area contributed by atoms with Gasteiger partial charge in [0, 0.05) is 0 Å². The monoisotopic (exact) mass is 126 g/mol. The van der Waals surface area contributed by atoms with Crippen molar-refractivity contribution in [3.8, 4) is 0 Å². The summed E-state index contributed by atoms with van der Waals surface area (Å²) in [5.41, 5.74) is 0. The largest absolute Gasteiger partial charge is 0.481 e. The molecule has 0 aliphatic heterocycles. The topological polar surface area (TPSA) is 37.3 Å². The van der Waals surface area contributed by atoms with E-state index in [4.69, 9.17) is 5.11 Å². The molecule has 0 amide bonds. The van der Waals surface area contributed by atoms with Gasteiger partial charge in [-0.05, 0) is 31.1 Å². The Morgan fingerprint density at radius 2 is 2.11 bits per heavy atom. The fraction of sp³-hybridized carbons (Fsp3) is 0.857. The van der Waals surface area contributed by atoms with Crippen LogP contribution >= 0.6 is 0 Å². The summed E-state index contributed by atoms with van der Waals surface area (Å²) in [7, 11) is 0. The minimum Gasteiger partial charge on any atom is -0.481 e. The Kier molecular flexibility index (Phi) is 0.875. The molecule has 9 heavy (non-hydrogen) atoms. The molecule has 0 aromatic heterocycles. The van der Waals surface area contributed by atoms with E-state index in [1.165, 1.54) is 12.8 Å². The van der Waals surface area contributed by atoms with E-state index in [0.717, 1.165) is 12.3 Å². The molecule has 0 aromatic carbocycles. The van der Waals surface area contributed by atoms with Crippen LogP contribution in [0.2, 0.25) is 0 Å². The van der Waals surface area contributed by atoms with Gasteiger partial charge in [0.2, 0.25) is 0 Å². The van der Waals surface area contributed by atoms with Gasteiger partial charge in [0.15, 0.2) is 0 Å². The second-order valence-corrected chi connectivity index (χ2v) is 3.18. The van der Waals surface area contributed by atoms with Gasteiger partial charge in [-0.1, -0.05) is 0 Å². The van der Waals surface area contributed by atoms with E-state index in [0.29, 0.717) is 5.92 Å². The molecule has 2 nitrogen and oxygen atoms in total. The molecule has 0 radical (unpaired) electrons. The molecule has 0 bridgehead atoms. The van der Waals surface area contributed by atoms with E-state index in [1.807, 2.05) is 0 Å². The van der Waals surface area contributed by atoms with Gasteiger partial charge in [-0.25, -0.2) is 0 Å². The zero-order valence-corrected chi connectivity index (χ0v) is 5.21. The van der Waals surface area contributed by atoms with Crippen LogP contribution < -0.4 is 0 Å². The van der Waals surface area contributed by atoms with Gasteiger partial charge < -0.3 is 5.11 Å². The Balaban J connectivity index is 1.87. The number of hydrogen-bond donors (Lipinski definition) is 1. The maximum atomic E-state index is 10.3. The summed E-state index contributed by atoms with van der Waals surface area (Å²) < 4.78 is 0. The standard InChI is InChI=1S/C7H10O2/c8-7(9)6-3-5(6)4-1-2-4/h4-6H,1-3H2,(H,8,9).